The SMILES string of the molecule is Cc1cc(NCCc2cnn(-c3ccccc3)c2)c2nncn2n1. The summed E-state index contributed by atoms with van der Waals surface area (Å²) in [6.07, 6.45) is 6.44. The molecule has 7 heteroatoms. The van der Waals surface area contributed by atoms with Gasteiger partial charge in [0.25, 0.3) is 0 Å². The number of benzene rings is 1. The lowest BCUT2D eigenvalue weighted by molar-refractivity contribution is 0.879. The number of aromatic nitrogens is 6. The third-order valence-electron chi connectivity index (χ3n) is 3.78. The van der Waals surface area contributed by atoms with E-state index in [1.807, 2.05) is 54.2 Å². The zero-order valence-corrected chi connectivity index (χ0v) is 13.3. The molecule has 0 bridgehead atoms. The predicted octanol–water partition coefficient (Wildman–Crippen LogP) is 2.27. The minimum absolute atomic E-state index is 0.737. The summed E-state index contributed by atoms with van der Waals surface area (Å²) < 4.78 is 3.58. The lowest BCUT2D eigenvalue weighted by Gasteiger charge is -2.07. The first-order chi connectivity index (χ1) is 11.8. The van der Waals surface area contributed by atoms with E-state index in [-0.39, 0.29) is 0 Å². The summed E-state index contributed by atoms with van der Waals surface area (Å²) in [6.45, 7) is 2.74. The maximum absolute atomic E-state index is 4.42. The Kier molecular flexibility index (Phi) is 3.66. The van der Waals surface area contributed by atoms with Gasteiger partial charge in [0.05, 0.1) is 23.3 Å². The number of aryl methyl sites for hydroxylation is 1. The maximum Gasteiger partial charge on any atom is 0.200 e. The van der Waals surface area contributed by atoms with Crippen molar-refractivity contribution in [1.82, 2.24) is 29.6 Å². The monoisotopic (exact) mass is 319 g/mol. The van der Waals surface area contributed by atoms with Crippen LogP contribution in [0, 0.1) is 6.92 Å². The quantitative estimate of drug-likeness (QED) is 0.611. The van der Waals surface area contributed by atoms with Gasteiger partial charge in [0.1, 0.15) is 6.33 Å². The van der Waals surface area contributed by atoms with Crippen LogP contribution in [0.1, 0.15) is 11.3 Å². The lowest BCUT2D eigenvalue weighted by atomic mass is 10.2. The molecule has 0 unspecified atom stereocenters. The zero-order chi connectivity index (χ0) is 16.4. The molecule has 0 saturated carbocycles. The minimum atomic E-state index is 0.737. The van der Waals surface area contributed by atoms with Crippen molar-refractivity contribution in [1.29, 1.82) is 0 Å². The fraction of sp³-hybridized carbons (Fsp3) is 0.176. The Balaban J connectivity index is 1.44. The second-order valence-corrected chi connectivity index (χ2v) is 5.60. The number of hydrogen-bond acceptors (Lipinski definition) is 5. The Hall–Kier alpha value is -3.22. The van der Waals surface area contributed by atoms with Crippen LogP contribution in [0.15, 0.2) is 55.1 Å². The molecular weight excluding hydrogens is 302 g/mol. The van der Waals surface area contributed by atoms with Crippen LogP contribution >= 0.6 is 0 Å². The van der Waals surface area contributed by atoms with E-state index in [0.29, 0.717) is 0 Å². The van der Waals surface area contributed by atoms with Gasteiger partial charge in [-0.25, -0.2) is 4.68 Å². The van der Waals surface area contributed by atoms with Gasteiger partial charge >= 0.3 is 0 Å². The van der Waals surface area contributed by atoms with Gasteiger partial charge in [0.15, 0.2) is 0 Å². The van der Waals surface area contributed by atoms with Crippen molar-refractivity contribution in [2.75, 3.05) is 11.9 Å². The maximum atomic E-state index is 4.42. The van der Waals surface area contributed by atoms with Gasteiger partial charge in [-0.3, -0.25) is 0 Å². The molecule has 3 aromatic heterocycles. The number of anilines is 1. The first-order valence-electron chi connectivity index (χ1n) is 7.80. The van der Waals surface area contributed by atoms with E-state index in [1.54, 1.807) is 10.8 Å². The fourth-order valence-corrected chi connectivity index (χ4v) is 2.64. The molecule has 0 aliphatic carbocycles. The molecule has 24 heavy (non-hydrogen) atoms. The molecule has 0 atom stereocenters. The molecule has 1 N–H and O–H groups in total. The highest BCUT2D eigenvalue weighted by molar-refractivity contribution is 5.66. The summed E-state index contributed by atoms with van der Waals surface area (Å²) >= 11 is 0. The lowest BCUT2D eigenvalue weighted by Crippen LogP contribution is -2.07. The summed E-state index contributed by atoms with van der Waals surface area (Å²) in [5.41, 5.74) is 4.83. The summed E-state index contributed by atoms with van der Waals surface area (Å²) in [7, 11) is 0. The second-order valence-electron chi connectivity index (χ2n) is 5.60. The smallest absolute Gasteiger partial charge is 0.200 e. The molecule has 7 nitrogen and oxygen atoms in total. The van der Waals surface area contributed by atoms with Crippen LogP contribution in [-0.2, 0) is 6.42 Å². The van der Waals surface area contributed by atoms with Gasteiger partial charge in [0.2, 0.25) is 5.65 Å². The van der Waals surface area contributed by atoms with Crippen LogP contribution in [0.5, 0.6) is 0 Å². The Morgan fingerprint density at radius 1 is 1.17 bits per heavy atom. The topological polar surface area (TPSA) is 72.9 Å². The molecule has 0 fully saturated rings. The third kappa shape index (κ3) is 2.83. The Labute approximate surface area is 139 Å². The highest BCUT2D eigenvalue weighted by Gasteiger charge is 2.06. The standard InChI is InChI=1S/C17H17N7/c1-13-9-16(17-21-19-12-24(17)22-13)18-8-7-14-10-20-23(11-14)15-5-3-2-4-6-15/h2-6,9-12,18H,7-8H2,1H3. The molecule has 120 valence electrons. The zero-order valence-electron chi connectivity index (χ0n) is 13.3. The van der Waals surface area contributed by atoms with Crippen molar-refractivity contribution in [3.63, 3.8) is 0 Å². The first-order valence-corrected chi connectivity index (χ1v) is 7.80. The third-order valence-corrected chi connectivity index (χ3v) is 3.78. The van der Waals surface area contributed by atoms with E-state index >= 15 is 0 Å². The summed E-state index contributed by atoms with van der Waals surface area (Å²) in [4.78, 5) is 0. The van der Waals surface area contributed by atoms with Gasteiger partial charge in [0, 0.05) is 12.7 Å². The van der Waals surface area contributed by atoms with Crippen LogP contribution in [-0.4, -0.2) is 36.1 Å². The van der Waals surface area contributed by atoms with Crippen LogP contribution in [0.4, 0.5) is 5.69 Å². The molecule has 0 aliphatic heterocycles. The molecule has 0 radical (unpaired) electrons. The summed E-state index contributed by atoms with van der Waals surface area (Å²) in [5.74, 6) is 0. The van der Waals surface area contributed by atoms with Crippen LogP contribution in [0.25, 0.3) is 11.3 Å². The molecule has 0 aliphatic rings. The molecule has 1 aromatic carbocycles. The molecule has 0 spiro atoms. The van der Waals surface area contributed by atoms with Crippen molar-refractivity contribution < 1.29 is 0 Å². The van der Waals surface area contributed by atoms with Crippen LogP contribution in [0.3, 0.4) is 0 Å². The summed E-state index contributed by atoms with van der Waals surface area (Å²) in [6, 6.07) is 12.1. The highest BCUT2D eigenvalue weighted by Crippen LogP contribution is 2.15. The molecular formula is C17H17N7. The first kappa shape index (κ1) is 14.4. The Morgan fingerprint density at radius 2 is 2.04 bits per heavy atom. The fourth-order valence-electron chi connectivity index (χ4n) is 2.64. The van der Waals surface area contributed by atoms with E-state index in [2.05, 4.69) is 31.9 Å². The average molecular weight is 319 g/mol. The second kappa shape index (κ2) is 6.11. The molecule has 0 saturated heterocycles. The Bertz CT molecular complexity index is 955. The predicted molar refractivity (Wildman–Crippen MR) is 91.3 cm³/mol. The van der Waals surface area contributed by atoms with Crippen molar-refractivity contribution in [2.24, 2.45) is 0 Å². The van der Waals surface area contributed by atoms with Crippen molar-refractivity contribution in [2.45, 2.75) is 13.3 Å². The number of nitrogens with one attached hydrogen (secondary N) is 1. The minimum Gasteiger partial charge on any atom is -0.382 e. The molecule has 0 amide bonds. The van der Waals surface area contributed by atoms with Gasteiger partial charge < -0.3 is 5.32 Å². The number of para-hydroxylation sites is 1. The van der Waals surface area contributed by atoms with E-state index in [0.717, 1.165) is 35.7 Å². The molecule has 4 rings (SSSR count). The number of rotatable bonds is 5. The van der Waals surface area contributed by atoms with Crippen molar-refractivity contribution in [3.8, 4) is 5.69 Å². The normalized spacial score (nSPS) is 11.0. The summed E-state index contributed by atoms with van der Waals surface area (Å²) in [5, 5.41) is 20.2. The highest BCUT2D eigenvalue weighted by atomic mass is 15.3. The van der Waals surface area contributed by atoms with E-state index in [9.17, 15) is 0 Å². The van der Waals surface area contributed by atoms with Crippen molar-refractivity contribution >= 4 is 11.3 Å². The molecule has 3 heterocycles. The van der Waals surface area contributed by atoms with Gasteiger partial charge in [-0.2, -0.15) is 14.7 Å². The van der Waals surface area contributed by atoms with E-state index < -0.39 is 0 Å². The van der Waals surface area contributed by atoms with Crippen molar-refractivity contribution in [3.05, 3.63) is 66.4 Å². The molecule has 4 aromatic rings. The average Bonchev–Trinajstić information content (AvgIpc) is 3.25. The van der Waals surface area contributed by atoms with E-state index in [1.165, 1.54) is 5.56 Å². The number of fused-ring (bicyclic) bond motifs is 1. The van der Waals surface area contributed by atoms with Crippen LogP contribution < -0.4 is 5.32 Å². The van der Waals surface area contributed by atoms with Gasteiger partial charge in [-0.15, -0.1) is 10.2 Å². The van der Waals surface area contributed by atoms with Crippen LogP contribution in [0.2, 0.25) is 0 Å². The van der Waals surface area contributed by atoms with E-state index in [4.69, 9.17) is 0 Å². The van der Waals surface area contributed by atoms with Gasteiger partial charge in [-0.05, 0) is 37.1 Å². The Morgan fingerprint density at radius 3 is 2.92 bits per heavy atom. The largest absolute Gasteiger partial charge is 0.382 e. The number of hydrogen-bond donors (Lipinski definition) is 1. The number of nitrogens with zero attached hydrogens (tertiary/aromatic N) is 6. The van der Waals surface area contributed by atoms with Gasteiger partial charge in [-0.1, -0.05) is 18.2 Å².